The van der Waals surface area contributed by atoms with Crippen molar-refractivity contribution in [2.24, 2.45) is 0 Å². The second-order valence-electron chi connectivity index (χ2n) is 5.18. The van der Waals surface area contributed by atoms with Crippen molar-refractivity contribution in [3.63, 3.8) is 0 Å². The number of anilines is 1. The van der Waals surface area contributed by atoms with Gasteiger partial charge in [0.15, 0.2) is 5.13 Å². The van der Waals surface area contributed by atoms with Crippen molar-refractivity contribution in [1.82, 2.24) is 14.5 Å². The smallest absolute Gasteiger partial charge is 0.305 e. The third-order valence-electron chi connectivity index (χ3n) is 3.30. The standard InChI is InChI=1S/C16H11F3N4O2S/c17-16(18,19)10-4-5-14(25)23(7-10)8-13(24)22-15-21-12(9-26-15)11-3-1-2-6-20-11/h1-7,9H,8H2,(H,21,22,24). The molecule has 1 N–H and O–H groups in total. The largest absolute Gasteiger partial charge is 0.417 e. The van der Waals surface area contributed by atoms with Crippen LogP contribution in [0, 0.1) is 0 Å². The molecule has 0 radical (unpaired) electrons. The van der Waals surface area contributed by atoms with E-state index in [1.165, 1.54) is 0 Å². The fraction of sp³-hybridized carbons (Fsp3) is 0.125. The summed E-state index contributed by atoms with van der Waals surface area (Å²) in [5, 5.41) is 4.41. The Labute approximate surface area is 149 Å². The lowest BCUT2D eigenvalue weighted by Crippen LogP contribution is -2.28. The zero-order valence-electron chi connectivity index (χ0n) is 13.0. The molecule has 10 heteroatoms. The highest BCUT2D eigenvalue weighted by Crippen LogP contribution is 2.28. The van der Waals surface area contributed by atoms with E-state index in [2.05, 4.69) is 15.3 Å². The Morgan fingerprint density at radius 1 is 1.19 bits per heavy atom. The number of pyridine rings is 2. The number of carbonyl (C=O) groups excluding carboxylic acids is 1. The zero-order chi connectivity index (χ0) is 18.7. The van der Waals surface area contributed by atoms with Crippen LogP contribution in [0.3, 0.4) is 0 Å². The fourth-order valence-electron chi connectivity index (χ4n) is 2.10. The number of nitrogens with one attached hydrogen (secondary N) is 1. The van der Waals surface area contributed by atoms with E-state index in [1.54, 1.807) is 29.8 Å². The summed E-state index contributed by atoms with van der Waals surface area (Å²) in [7, 11) is 0. The quantitative estimate of drug-likeness (QED) is 0.755. The van der Waals surface area contributed by atoms with Gasteiger partial charge in [0.2, 0.25) is 5.91 Å². The summed E-state index contributed by atoms with van der Waals surface area (Å²) in [6.07, 6.45) is -2.38. The molecule has 134 valence electrons. The number of rotatable bonds is 4. The fourth-order valence-corrected chi connectivity index (χ4v) is 2.82. The van der Waals surface area contributed by atoms with Gasteiger partial charge in [-0.05, 0) is 18.2 Å². The number of thiazole rings is 1. The van der Waals surface area contributed by atoms with Crippen LogP contribution < -0.4 is 10.9 Å². The molecule has 3 rings (SSSR count). The highest BCUT2D eigenvalue weighted by Gasteiger charge is 2.31. The number of alkyl halides is 3. The predicted molar refractivity (Wildman–Crippen MR) is 89.7 cm³/mol. The summed E-state index contributed by atoms with van der Waals surface area (Å²) in [6.45, 7) is -0.554. The number of aromatic nitrogens is 3. The number of carbonyl (C=O) groups is 1. The Balaban J connectivity index is 1.72. The van der Waals surface area contributed by atoms with Gasteiger partial charge in [0, 0.05) is 23.8 Å². The molecular formula is C16H11F3N4O2S. The molecule has 0 unspecified atom stereocenters. The number of nitrogens with zero attached hydrogens (tertiary/aromatic N) is 3. The maximum absolute atomic E-state index is 12.7. The molecule has 0 aliphatic heterocycles. The highest BCUT2D eigenvalue weighted by atomic mass is 32.1. The van der Waals surface area contributed by atoms with Gasteiger partial charge in [-0.1, -0.05) is 6.07 Å². The number of amides is 1. The van der Waals surface area contributed by atoms with Crippen molar-refractivity contribution in [3.05, 3.63) is 64.0 Å². The molecule has 0 saturated heterocycles. The summed E-state index contributed by atoms with van der Waals surface area (Å²) >= 11 is 1.14. The van der Waals surface area contributed by atoms with E-state index in [0.717, 1.165) is 17.4 Å². The van der Waals surface area contributed by atoms with Crippen molar-refractivity contribution in [2.45, 2.75) is 12.7 Å². The SMILES string of the molecule is O=C(Cn1cc(C(F)(F)F)ccc1=O)Nc1nc(-c2ccccn2)cs1. The molecule has 0 atom stereocenters. The normalized spacial score (nSPS) is 11.3. The number of hydrogen-bond donors (Lipinski definition) is 1. The summed E-state index contributed by atoms with van der Waals surface area (Å²) in [6, 6.07) is 6.75. The van der Waals surface area contributed by atoms with Gasteiger partial charge in [-0.3, -0.25) is 14.6 Å². The summed E-state index contributed by atoms with van der Waals surface area (Å²) in [5.41, 5.74) is -0.529. The minimum absolute atomic E-state index is 0.260. The monoisotopic (exact) mass is 380 g/mol. The van der Waals surface area contributed by atoms with E-state index < -0.39 is 29.8 Å². The van der Waals surface area contributed by atoms with Gasteiger partial charge in [-0.25, -0.2) is 4.98 Å². The molecule has 3 aromatic rings. The van der Waals surface area contributed by atoms with Crippen molar-refractivity contribution in [1.29, 1.82) is 0 Å². The minimum Gasteiger partial charge on any atom is -0.305 e. The molecule has 3 aromatic heterocycles. The van der Waals surface area contributed by atoms with E-state index in [4.69, 9.17) is 0 Å². The first-order valence-electron chi connectivity index (χ1n) is 7.27. The number of hydrogen-bond acceptors (Lipinski definition) is 5. The Kier molecular flexibility index (Phi) is 4.85. The van der Waals surface area contributed by atoms with Gasteiger partial charge in [-0.15, -0.1) is 11.3 Å². The number of halogens is 3. The van der Waals surface area contributed by atoms with Crippen LogP contribution in [-0.4, -0.2) is 20.4 Å². The topological polar surface area (TPSA) is 76.9 Å². The Hall–Kier alpha value is -3.01. The first-order chi connectivity index (χ1) is 12.3. The molecule has 0 saturated carbocycles. The molecule has 0 spiro atoms. The van der Waals surface area contributed by atoms with Crippen LogP contribution in [-0.2, 0) is 17.5 Å². The second-order valence-corrected chi connectivity index (χ2v) is 6.04. The summed E-state index contributed by atoms with van der Waals surface area (Å²) in [5.74, 6) is -0.659. The van der Waals surface area contributed by atoms with Gasteiger partial charge in [-0.2, -0.15) is 13.2 Å². The van der Waals surface area contributed by atoms with Gasteiger partial charge in [0.05, 0.1) is 11.3 Å². The van der Waals surface area contributed by atoms with Crippen molar-refractivity contribution in [3.8, 4) is 11.4 Å². The lowest BCUT2D eigenvalue weighted by Gasteiger charge is -2.10. The predicted octanol–water partition coefficient (Wildman–Crippen LogP) is 3.02. The lowest BCUT2D eigenvalue weighted by atomic mass is 10.3. The molecule has 1 amide bonds. The van der Waals surface area contributed by atoms with E-state index in [1.807, 2.05) is 0 Å². The third kappa shape index (κ3) is 4.14. The maximum Gasteiger partial charge on any atom is 0.417 e. The average molecular weight is 380 g/mol. The molecule has 6 nitrogen and oxygen atoms in total. The summed E-state index contributed by atoms with van der Waals surface area (Å²) < 4.78 is 38.9. The molecule has 3 heterocycles. The minimum atomic E-state index is -4.60. The molecule has 26 heavy (non-hydrogen) atoms. The van der Waals surface area contributed by atoms with Crippen molar-refractivity contribution < 1.29 is 18.0 Å². The molecular weight excluding hydrogens is 369 g/mol. The van der Waals surface area contributed by atoms with Gasteiger partial charge >= 0.3 is 6.18 Å². The Bertz CT molecular complexity index is 983. The first-order valence-corrected chi connectivity index (χ1v) is 8.15. The maximum atomic E-state index is 12.7. The van der Waals surface area contributed by atoms with Crippen LogP contribution in [0.25, 0.3) is 11.4 Å². The highest BCUT2D eigenvalue weighted by molar-refractivity contribution is 7.14. The van der Waals surface area contributed by atoms with E-state index in [0.29, 0.717) is 28.2 Å². The zero-order valence-corrected chi connectivity index (χ0v) is 13.8. The van der Waals surface area contributed by atoms with Crippen molar-refractivity contribution >= 4 is 22.4 Å². The first kappa shape index (κ1) is 17.8. The van der Waals surface area contributed by atoms with Gasteiger partial charge in [0.1, 0.15) is 12.2 Å². The van der Waals surface area contributed by atoms with Crippen LogP contribution in [0.4, 0.5) is 18.3 Å². The molecule has 0 aliphatic carbocycles. The van der Waals surface area contributed by atoms with Crippen LogP contribution in [0.1, 0.15) is 5.56 Å². The molecule has 0 fully saturated rings. The second kappa shape index (κ2) is 7.08. The van der Waals surface area contributed by atoms with Gasteiger partial charge in [0.25, 0.3) is 5.56 Å². The van der Waals surface area contributed by atoms with Crippen LogP contribution in [0.2, 0.25) is 0 Å². The van der Waals surface area contributed by atoms with Crippen LogP contribution in [0.15, 0.2) is 52.9 Å². The molecule has 0 aromatic carbocycles. The van der Waals surface area contributed by atoms with E-state index in [-0.39, 0.29) is 5.13 Å². The van der Waals surface area contributed by atoms with Crippen LogP contribution in [0.5, 0.6) is 0 Å². The molecule has 0 bridgehead atoms. The lowest BCUT2D eigenvalue weighted by molar-refractivity contribution is -0.138. The van der Waals surface area contributed by atoms with E-state index >= 15 is 0 Å². The summed E-state index contributed by atoms with van der Waals surface area (Å²) in [4.78, 5) is 32.0. The van der Waals surface area contributed by atoms with Crippen LogP contribution >= 0.6 is 11.3 Å². The van der Waals surface area contributed by atoms with Crippen molar-refractivity contribution in [2.75, 3.05) is 5.32 Å². The van der Waals surface area contributed by atoms with Gasteiger partial charge < -0.3 is 9.88 Å². The average Bonchev–Trinajstić information content (AvgIpc) is 3.05. The third-order valence-corrected chi connectivity index (χ3v) is 4.06. The molecule has 0 aliphatic rings. The van der Waals surface area contributed by atoms with E-state index in [9.17, 15) is 22.8 Å². The Morgan fingerprint density at radius 2 is 2.00 bits per heavy atom. The Morgan fingerprint density at radius 3 is 2.69 bits per heavy atom.